The van der Waals surface area contributed by atoms with Gasteiger partial charge in [-0.1, -0.05) is 12.1 Å². The molecule has 0 saturated heterocycles. The van der Waals surface area contributed by atoms with Crippen LogP contribution < -0.4 is 10.5 Å². The summed E-state index contributed by atoms with van der Waals surface area (Å²) in [5.74, 6) is 1.04. The van der Waals surface area contributed by atoms with Gasteiger partial charge in [0.05, 0.1) is 6.10 Å². The van der Waals surface area contributed by atoms with Crippen LogP contribution in [0.3, 0.4) is 0 Å². The summed E-state index contributed by atoms with van der Waals surface area (Å²) in [5.41, 5.74) is 8.45. The van der Waals surface area contributed by atoms with E-state index in [-0.39, 0.29) is 0 Å². The van der Waals surface area contributed by atoms with Gasteiger partial charge in [-0.2, -0.15) is 0 Å². The number of aryl methyl sites for hydroxylation is 1. The molecular formula is C14H21NO. The zero-order valence-corrected chi connectivity index (χ0v) is 10.2. The van der Waals surface area contributed by atoms with Crippen molar-refractivity contribution >= 4 is 0 Å². The molecule has 2 rings (SSSR count). The van der Waals surface area contributed by atoms with Crippen LogP contribution in [0.2, 0.25) is 0 Å². The Hall–Kier alpha value is -1.02. The van der Waals surface area contributed by atoms with E-state index in [2.05, 4.69) is 32.0 Å². The second-order valence-corrected chi connectivity index (χ2v) is 4.85. The van der Waals surface area contributed by atoms with Crippen molar-refractivity contribution < 1.29 is 4.74 Å². The summed E-state index contributed by atoms with van der Waals surface area (Å²) in [6, 6.07) is 6.64. The third kappa shape index (κ3) is 2.56. The van der Waals surface area contributed by atoms with Gasteiger partial charge < -0.3 is 10.5 Å². The molecule has 1 aromatic carbocycles. The Balaban J connectivity index is 2.01. The van der Waals surface area contributed by atoms with Crippen molar-refractivity contribution in [3.05, 3.63) is 29.3 Å². The van der Waals surface area contributed by atoms with Gasteiger partial charge in [0.1, 0.15) is 5.75 Å². The van der Waals surface area contributed by atoms with Crippen LogP contribution in [0.4, 0.5) is 0 Å². The molecule has 0 aliphatic heterocycles. The molecule has 0 heterocycles. The molecule has 2 nitrogen and oxygen atoms in total. The molecule has 2 N–H and O–H groups in total. The normalized spacial score (nSPS) is 25.4. The summed E-state index contributed by atoms with van der Waals surface area (Å²) in [5, 5.41) is 0. The molecule has 1 fully saturated rings. The summed E-state index contributed by atoms with van der Waals surface area (Å²) in [6.07, 6.45) is 4.73. The summed E-state index contributed by atoms with van der Waals surface area (Å²) in [7, 11) is 0. The zero-order chi connectivity index (χ0) is 11.5. The first-order chi connectivity index (χ1) is 7.66. The van der Waals surface area contributed by atoms with Gasteiger partial charge in [-0.15, -0.1) is 0 Å². The topological polar surface area (TPSA) is 35.2 Å². The Labute approximate surface area is 97.8 Å². The predicted octanol–water partition coefficient (Wildman–Crippen LogP) is 2.95. The molecule has 1 aliphatic carbocycles. The highest BCUT2D eigenvalue weighted by atomic mass is 16.5. The van der Waals surface area contributed by atoms with Crippen LogP contribution in [-0.4, -0.2) is 12.1 Å². The maximum atomic E-state index is 6.06. The minimum absolute atomic E-state index is 0.361. The first-order valence-electron chi connectivity index (χ1n) is 6.15. The van der Waals surface area contributed by atoms with E-state index in [4.69, 9.17) is 10.5 Å². The van der Waals surface area contributed by atoms with Crippen LogP contribution in [0.15, 0.2) is 18.2 Å². The van der Waals surface area contributed by atoms with Crippen LogP contribution in [-0.2, 0) is 0 Å². The lowest BCUT2D eigenvalue weighted by Crippen LogP contribution is -2.31. The van der Waals surface area contributed by atoms with Gasteiger partial charge in [0.15, 0.2) is 0 Å². The van der Waals surface area contributed by atoms with E-state index >= 15 is 0 Å². The van der Waals surface area contributed by atoms with E-state index in [1.54, 1.807) is 0 Å². The first kappa shape index (κ1) is 11.5. The van der Waals surface area contributed by atoms with Crippen molar-refractivity contribution in [1.82, 2.24) is 0 Å². The fourth-order valence-corrected chi connectivity index (χ4v) is 2.24. The molecule has 1 saturated carbocycles. The largest absolute Gasteiger partial charge is 0.490 e. The quantitative estimate of drug-likeness (QED) is 0.830. The van der Waals surface area contributed by atoms with Gasteiger partial charge in [-0.3, -0.25) is 0 Å². The zero-order valence-electron chi connectivity index (χ0n) is 10.2. The molecule has 0 radical (unpaired) electrons. The van der Waals surface area contributed by atoms with E-state index in [1.807, 2.05) is 0 Å². The molecule has 1 aromatic rings. The Bertz CT molecular complexity index is 354. The van der Waals surface area contributed by atoms with Gasteiger partial charge in [0.25, 0.3) is 0 Å². The SMILES string of the molecule is Cc1cccc(OC2CCC(N)CC2)c1C. The van der Waals surface area contributed by atoms with E-state index < -0.39 is 0 Å². The molecule has 88 valence electrons. The summed E-state index contributed by atoms with van der Waals surface area (Å²) in [4.78, 5) is 0. The van der Waals surface area contributed by atoms with E-state index in [0.717, 1.165) is 31.4 Å². The van der Waals surface area contributed by atoms with Crippen LogP contribution in [0.1, 0.15) is 36.8 Å². The van der Waals surface area contributed by atoms with Crippen LogP contribution in [0.25, 0.3) is 0 Å². The van der Waals surface area contributed by atoms with Crippen LogP contribution in [0, 0.1) is 13.8 Å². The van der Waals surface area contributed by atoms with Crippen LogP contribution >= 0.6 is 0 Å². The fourth-order valence-electron chi connectivity index (χ4n) is 2.24. The average Bonchev–Trinajstić information content (AvgIpc) is 2.28. The van der Waals surface area contributed by atoms with Crippen molar-refractivity contribution in [2.24, 2.45) is 5.73 Å². The third-order valence-electron chi connectivity index (χ3n) is 3.57. The molecule has 1 aliphatic rings. The minimum atomic E-state index is 0.361. The summed E-state index contributed by atoms with van der Waals surface area (Å²) < 4.78 is 6.06. The predicted molar refractivity (Wildman–Crippen MR) is 66.8 cm³/mol. The van der Waals surface area contributed by atoms with E-state index in [9.17, 15) is 0 Å². The smallest absolute Gasteiger partial charge is 0.122 e. The van der Waals surface area contributed by atoms with E-state index in [0.29, 0.717) is 12.1 Å². The number of benzene rings is 1. The maximum Gasteiger partial charge on any atom is 0.122 e. The summed E-state index contributed by atoms with van der Waals surface area (Å²) >= 11 is 0. The molecular weight excluding hydrogens is 198 g/mol. The summed E-state index contributed by atoms with van der Waals surface area (Å²) in [6.45, 7) is 4.25. The third-order valence-corrected chi connectivity index (χ3v) is 3.57. The van der Waals surface area contributed by atoms with Gasteiger partial charge in [-0.05, 0) is 56.7 Å². The highest BCUT2D eigenvalue weighted by molar-refractivity contribution is 5.38. The Morgan fingerprint density at radius 2 is 1.81 bits per heavy atom. The second-order valence-electron chi connectivity index (χ2n) is 4.85. The van der Waals surface area contributed by atoms with Crippen molar-refractivity contribution in [2.45, 2.75) is 51.7 Å². The highest BCUT2D eigenvalue weighted by Crippen LogP contribution is 2.26. The van der Waals surface area contributed by atoms with Crippen LogP contribution in [0.5, 0.6) is 5.75 Å². The number of hydrogen-bond donors (Lipinski definition) is 1. The Morgan fingerprint density at radius 1 is 1.12 bits per heavy atom. The van der Waals surface area contributed by atoms with Gasteiger partial charge >= 0.3 is 0 Å². The standard InChI is InChI=1S/C14H21NO/c1-10-4-3-5-14(11(10)2)16-13-8-6-12(15)7-9-13/h3-5,12-13H,6-9,15H2,1-2H3. The second kappa shape index (κ2) is 4.88. The number of ether oxygens (including phenoxy) is 1. The number of hydrogen-bond acceptors (Lipinski definition) is 2. The van der Waals surface area contributed by atoms with Gasteiger partial charge in [0.2, 0.25) is 0 Å². The van der Waals surface area contributed by atoms with Gasteiger partial charge in [0, 0.05) is 6.04 Å². The lowest BCUT2D eigenvalue weighted by Gasteiger charge is -2.27. The van der Waals surface area contributed by atoms with Crippen molar-refractivity contribution in [3.8, 4) is 5.75 Å². The monoisotopic (exact) mass is 219 g/mol. The fraction of sp³-hybridized carbons (Fsp3) is 0.571. The molecule has 0 unspecified atom stereocenters. The van der Waals surface area contributed by atoms with Gasteiger partial charge in [-0.25, -0.2) is 0 Å². The van der Waals surface area contributed by atoms with E-state index in [1.165, 1.54) is 11.1 Å². The average molecular weight is 219 g/mol. The molecule has 0 atom stereocenters. The number of rotatable bonds is 2. The molecule has 16 heavy (non-hydrogen) atoms. The first-order valence-corrected chi connectivity index (χ1v) is 6.15. The molecule has 2 heteroatoms. The lowest BCUT2D eigenvalue weighted by molar-refractivity contribution is 0.146. The van der Waals surface area contributed by atoms with Crippen molar-refractivity contribution in [2.75, 3.05) is 0 Å². The van der Waals surface area contributed by atoms with Crippen molar-refractivity contribution in [3.63, 3.8) is 0 Å². The highest BCUT2D eigenvalue weighted by Gasteiger charge is 2.20. The lowest BCUT2D eigenvalue weighted by atomic mass is 9.93. The number of nitrogens with two attached hydrogens (primary N) is 1. The minimum Gasteiger partial charge on any atom is -0.490 e. The Morgan fingerprint density at radius 3 is 2.50 bits per heavy atom. The molecule has 0 aromatic heterocycles. The molecule has 0 spiro atoms. The maximum absolute atomic E-state index is 6.06. The molecule has 0 amide bonds. The molecule has 0 bridgehead atoms. The Kier molecular flexibility index (Phi) is 3.49. The van der Waals surface area contributed by atoms with Crippen molar-refractivity contribution in [1.29, 1.82) is 0 Å².